The lowest BCUT2D eigenvalue weighted by molar-refractivity contribution is 0.102. The van der Waals surface area contributed by atoms with Crippen molar-refractivity contribution in [2.45, 2.75) is 45.4 Å². The number of benzene rings is 1. The van der Waals surface area contributed by atoms with Gasteiger partial charge >= 0.3 is 0 Å². The molecule has 1 amide bonds. The van der Waals surface area contributed by atoms with Gasteiger partial charge in [0.25, 0.3) is 11.5 Å². The van der Waals surface area contributed by atoms with Gasteiger partial charge in [-0.15, -0.1) is 11.3 Å². The lowest BCUT2D eigenvalue weighted by Crippen LogP contribution is -2.23. The van der Waals surface area contributed by atoms with Crippen molar-refractivity contribution in [3.8, 4) is 5.75 Å². The molecule has 1 aliphatic rings. The molecule has 0 saturated carbocycles. The highest BCUT2D eigenvalue weighted by Crippen LogP contribution is 2.39. The molecule has 27 heavy (non-hydrogen) atoms. The molecule has 0 unspecified atom stereocenters. The van der Waals surface area contributed by atoms with Crippen molar-refractivity contribution in [3.63, 3.8) is 0 Å². The van der Waals surface area contributed by atoms with E-state index in [1.807, 2.05) is 12.1 Å². The Bertz CT molecular complexity index is 1060. The van der Waals surface area contributed by atoms with Gasteiger partial charge in [0.05, 0.1) is 5.39 Å². The minimum atomic E-state index is -0.589. The van der Waals surface area contributed by atoms with E-state index in [4.69, 9.17) is 0 Å². The molecule has 140 valence electrons. The standard InChI is InChI=1S/C21H22N2O3S/c1-2-12-8-10-13(11-9-12)22-19(25)17-18(24)16-14-6-4-3-5-7-15(14)27-21(16)23-20(17)26/h8-11H,2-7H2,1H3,(H,22,25)(H2,23,24,26). The van der Waals surface area contributed by atoms with E-state index in [0.717, 1.165) is 49.7 Å². The minimum absolute atomic E-state index is 0.198. The van der Waals surface area contributed by atoms with Crippen LogP contribution in [0.4, 0.5) is 5.69 Å². The van der Waals surface area contributed by atoms with Gasteiger partial charge < -0.3 is 15.4 Å². The number of anilines is 1. The summed E-state index contributed by atoms with van der Waals surface area (Å²) in [6.07, 6.45) is 6.08. The van der Waals surface area contributed by atoms with Crippen LogP contribution in [0.2, 0.25) is 0 Å². The van der Waals surface area contributed by atoms with E-state index >= 15 is 0 Å². The number of pyridine rings is 1. The van der Waals surface area contributed by atoms with Gasteiger partial charge in [0.1, 0.15) is 16.1 Å². The second-order valence-electron chi connectivity index (χ2n) is 6.95. The summed E-state index contributed by atoms with van der Waals surface area (Å²) >= 11 is 1.52. The number of nitrogens with one attached hydrogen (secondary N) is 2. The first kappa shape index (κ1) is 17.8. The van der Waals surface area contributed by atoms with Crippen molar-refractivity contribution in [2.75, 3.05) is 5.32 Å². The third kappa shape index (κ3) is 3.25. The number of aromatic amines is 1. The average molecular weight is 382 g/mol. The Labute approximate surface area is 161 Å². The Morgan fingerprint density at radius 2 is 1.93 bits per heavy atom. The van der Waals surface area contributed by atoms with Gasteiger partial charge in [-0.1, -0.05) is 25.5 Å². The molecule has 1 aliphatic carbocycles. The molecule has 0 fully saturated rings. The number of hydrogen-bond acceptors (Lipinski definition) is 4. The lowest BCUT2D eigenvalue weighted by Gasteiger charge is -2.09. The van der Waals surface area contributed by atoms with Crippen LogP contribution in [0.15, 0.2) is 29.1 Å². The molecule has 2 heterocycles. The largest absolute Gasteiger partial charge is 0.506 e. The van der Waals surface area contributed by atoms with Gasteiger partial charge in [-0.3, -0.25) is 9.59 Å². The first-order valence-corrected chi connectivity index (χ1v) is 10.2. The van der Waals surface area contributed by atoms with Gasteiger partial charge in [0.2, 0.25) is 0 Å². The first-order chi connectivity index (χ1) is 13.1. The molecule has 0 bridgehead atoms. The molecule has 0 spiro atoms. The number of hydrogen-bond donors (Lipinski definition) is 3. The molecular weight excluding hydrogens is 360 g/mol. The zero-order valence-electron chi connectivity index (χ0n) is 15.2. The van der Waals surface area contributed by atoms with Crippen molar-refractivity contribution in [1.82, 2.24) is 4.98 Å². The fourth-order valence-electron chi connectivity index (χ4n) is 3.71. The van der Waals surface area contributed by atoms with E-state index in [0.29, 0.717) is 15.9 Å². The van der Waals surface area contributed by atoms with E-state index in [2.05, 4.69) is 17.2 Å². The highest BCUT2D eigenvalue weighted by atomic mass is 32.1. The summed E-state index contributed by atoms with van der Waals surface area (Å²) in [7, 11) is 0. The number of carbonyl (C=O) groups is 1. The number of carbonyl (C=O) groups excluding carboxylic acids is 1. The summed E-state index contributed by atoms with van der Waals surface area (Å²) < 4.78 is 0. The molecule has 5 nitrogen and oxygen atoms in total. The van der Waals surface area contributed by atoms with Crippen molar-refractivity contribution >= 4 is 33.1 Å². The van der Waals surface area contributed by atoms with Gasteiger partial charge in [-0.2, -0.15) is 0 Å². The van der Waals surface area contributed by atoms with Crippen LogP contribution in [0.1, 0.15) is 52.5 Å². The number of aromatic nitrogens is 1. The number of rotatable bonds is 3. The van der Waals surface area contributed by atoms with Crippen molar-refractivity contribution in [2.24, 2.45) is 0 Å². The van der Waals surface area contributed by atoms with E-state index < -0.39 is 11.5 Å². The predicted molar refractivity (Wildman–Crippen MR) is 109 cm³/mol. The molecule has 6 heteroatoms. The van der Waals surface area contributed by atoms with Crippen molar-refractivity contribution < 1.29 is 9.90 Å². The highest BCUT2D eigenvalue weighted by molar-refractivity contribution is 7.18. The summed E-state index contributed by atoms with van der Waals surface area (Å²) in [4.78, 5) is 29.9. The zero-order valence-corrected chi connectivity index (χ0v) is 16.0. The Morgan fingerprint density at radius 1 is 1.19 bits per heavy atom. The van der Waals surface area contributed by atoms with Gasteiger partial charge in [-0.25, -0.2) is 0 Å². The van der Waals surface area contributed by atoms with E-state index in [1.165, 1.54) is 16.2 Å². The Morgan fingerprint density at radius 3 is 2.67 bits per heavy atom. The maximum atomic E-state index is 12.7. The van der Waals surface area contributed by atoms with E-state index in [-0.39, 0.29) is 11.3 Å². The molecule has 2 aromatic heterocycles. The molecular formula is C21H22N2O3S. The number of H-pyrrole nitrogens is 1. The van der Waals surface area contributed by atoms with Crippen LogP contribution in [0.5, 0.6) is 5.75 Å². The molecule has 1 aromatic carbocycles. The summed E-state index contributed by atoms with van der Waals surface area (Å²) in [5, 5.41) is 14.2. The van der Waals surface area contributed by atoms with Crippen LogP contribution in [-0.2, 0) is 19.3 Å². The van der Waals surface area contributed by atoms with Crippen molar-refractivity contribution in [3.05, 3.63) is 56.2 Å². The molecule has 3 N–H and O–H groups in total. The minimum Gasteiger partial charge on any atom is -0.506 e. The van der Waals surface area contributed by atoms with Gasteiger partial charge in [-0.05, 0) is 55.4 Å². The highest BCUT2D eigenvalue weighted by Gasteiger charge is 2.25. The van der Waals surface area contributed by atoms with Gasteiger partial charge in [0, 0.05) is 10.6 Å². The second-order valence-corrected chi connectivity index (χ2v) is 8.06. The number of amides is 1. The van der Waals surface area contributed by atoms with Crippen LogP contribution in [0.25, 0.3) is 10.2 Å². The summed E-state index contributed by atoms with van der Waals surface area (Å²) in [5.74, 6) is -0.788. The van der Waals surface area contributed by atoms with Crippen LogP contribution in [-0.4, -0.2) is 16.0 Å². The number of aromatic hydroxyl groups is 1. The molecule has 0 aliphatic heterocycles. The first-order valence-electron chi connectivity index (χ1n) is 9.38. The van der Waals surface area contributed by atoms with E-state index in [1.54, 1.807) is 12.1 Å². The quantitative estimate of drug-likeness (QED) is 0.588. The van der Waals surface area contributed by atoms with Gasteiger partial charge in [0.15, 0.2) is 0 Å². The maximum Gasteiger partial charge on any atom is 0.265 e. The van der Waals surface area contributed by atoms with Crippen molar-refractivity contribution in [1.29, 1.82) is 0 Å². The van der Waals surface area contributed by atoms with Crippen LogP contribution in [0.3, 0.4) is 0 Å². The summed E-state index contributed by atoms with van der Waals surface area (Å²) in [5.41, 5.74) is 2.07. The zero-order chi connectivity index (χ0) is 19.0. The molecule has 3 aromatic rings. The number of fused-ring (bicyclic) bond motifs is 3. The predicted octanol–water partition coefficient (Wildman–Crippen LogP) is 4.38. The van der Waals surface area contributed by atoms with Crippen LogP contribution < -0.4 is 10.9 Å². The summed E-state index contributed by atoms with van der Waals surface area (Å²) in [6.45, 7) is 2.06. The van der Waals surface area contributed by atoms with E-state index in [9.17, 15) is 14.7 Å². The van der Waals surface area contributed by atoms with Crippen LogP contribution >= 0.6 is 11.3 Å². The third-order valence-electron chi connectivity index (χ3n) is 5.20. The Balaban J connectivity index is 1.75. The third-order valence-corrected chi connectivity index (χ3v) is 6.40. The monoisotopic (exact) mass is 382 g/mol. The van der Waals surface area contributed by atoms with Crippen LogP contribution in [0, 0.1) is 0 Å². The molecule has 0 radical (unpaired) electrons. The SMILES string of the molecule is CCc1ccc(NC(=O)c2c(O)c3c4c(sc3[nH]c2=O)CCCCC4)cc1. The Hall–Kier alpha value is -2.60. The second kappa shape index (κ2) is 7.19. The summed E-state index contributed by atoms with van der Waals surface area (Å²) in [6, 6.07) is 7.47. The fourth-order valence-corrected chi connectivity index (χ4v) is 4.99. The molecule has 0 atom stereocenters. The lowest BCUT2D eigenvalue weighted by atomic mass is 10.0. The smallest absolute Gasteiger partial charge is 0.265 e. The average Bonchev–Trinajstić information content (AvgIpc) is 2.83. The molecule has 0 saturated heterocycles. The molecule has 4 rings (SSSR count). The number of aryl methyl sites for hydroxylation is 3. The number of thiophene rings is 1. The topological polar surface area (TPSA) is 82.2 Å². The maximum absolute atomic E-state index is 12.7. The fraction of sp³-hybridized carbons (Fsp3) is 0.333. The normalized spacial score (nSPS) is 14.0. The Kier molecular flexibility index (Phi) is 4.74.